The van der Waals surface area contributed by atoms with E-state index in [1.54, 1.807) is 37.5 Å². The van der Waals surface area contributed by atoms with E-state index in [-0.39, 0.29) is 11.9 Å². The second kappa shape index (κ2) is 8.43. The van der Waals surface area contributed by atoms with Gasteiger partial charge in [0, 0.05) is 6.08 Å². The highest BCUT2D eigenvalue weighted by Crippen LogP contribution is 2.37. The predicted octanol–water partition coefficient (Wildman–Crippen LogP) is 4.77. The number of rotatable bonds is 6. The van der Waals surface area contributed by atoms with Gasteiger partial charge in [0.25, 0.3) is 11.8 Å². The summed E-state index contributed by atoms with van der Waals surface area (Å²) in [6.07, 6.45) is 2.95. The maximum Gasteiger partial charge on any atom is 0.322 e. The topological polar surface area (TPSA) is 86.5 Å². The molecule has 1 amide bonds. The largest absolute Gasteiger partial charge is 0.493 e. The summed E-state index contributed by atoms with van der Waals surface area (Å²) >= 11 is 13.1. The van der Waals surface area contributed by atoms with Crippen LogP contribution in [0.15, 0.2) is 34.8 Å². The zero-order chi connectivity index (χ0) is 19.4. The number of carbonyl (C=O) groups is 1. The Balaban J connectivity index is 1.68. The molecule has 2 heterocycles. The molecule has 0 aliphatic carbocycles. The van der Waals surface area contributed by atoms with Gasteiger partial charge in [0.05, 0.1) is 24.1 Å². The molecule has 10 heteroatoms. The monoisotopic (exact) mass is 425 g/mol. The van der Waals surface area contributed by atoms with Crippen molar-refractivity contribution < 1.29 is 18.7 Å². The summed E-state index contributed by atoms with van der Waals surface area (Å²) in [6, 6.07) is 6.85. The number of halogens is 2. The molecule has 0 saturated heterocycles. The molecule has 0 unspecified atom stereocenters. The van der Waals surface area contributed by atoms with Crippen molar-refractivity contribution in [1.29, 1.82) is 0 Å². The number of carbonyl (C=O) groups excluding carboxylic acids is 1. The number of nitrogens with one attached hydrogen (secondary N) is 1. The summed E-state index contributed by atoms with van der Waals surface area (Å²) < 4.78 is 16.7. The van der Waals surface area contributed by atoms with E-state index in [2.05, 4.69) is 15.5 Å². The molecule has 0 fully saturated rings. The van der Waals surface area contributed by atoms with Gasteiger partial charge in [-0.05, 0) is 29.8 Å². The molecule has 0 aliphatic rings. The van der Waals surface area contributed by atoms with E-state index in [9.17, 15) is 4.79 Å². The van der Waals surface area contributed by atoms with E-state index in [0.717, 1.165) is 5.56 Å². The van der Waals surface area contributed by atoms with Crippen LogP contribution < -0.4 is 14.8 Å². The molecular weight excluding hydrogens is 413 g/mol. The molecular formula is C17H13Cl2N3O4S. The minimum absolute atomic E-state index is 0.0506. The molecule has 1 N–H and O–H groups in total. The highest BCUT2D eigenvalue weighted by atomic mass is 35.5. The van der Waals surface area contributed by atoms with Crippen molar-refractivity contribution in [3.05, 3.63) is 44.6 Å². The van der Waals surface area contributed by atoms with Crippen LogP contribution in [-0.2, 0) is 4.79 Å². The van der Waals surface area contributed by atoms with E-state index < -0.39 is 5.91 Å². The lowest BCUT2D eigenvalue weighted by atomic mass is 10.2. The van der Waals surface area contributed by atoms with Gasteiger partial charge < -0.3 is 13.9 Å². The van der Waals surface area contributed by atoms with Gasteiger partial charge in [0.2, 0.25) is 0 Å². The third-order valence-corrected chi connectivity index (χ3v) is 4.86. The Labute approximate surface area is 168 Å². The zero-order valence-corrected chi connectivity index (χ0v) is 16.5. The molecule has 2 aromatic heterocycles. The van der Waals surface area contributed by atoms with Crippen LogP contribution in [0.1, 0.15) is 5.56 Å². The lowest BCUT2D eigenvalue weighted by molar-refractivity contribution is -0.112. The number of ether oxygens (including phenoxy) is 2. The van der Waals surface area contributed by atoms with Crippen LogP contribution >= 0.6 is 34.5 Å². The minimum Gasteiger partial charge on any atom is -0.493 e. The van der Waals surface area contributed by atoms with Crippen molar-refractivity contribution in [3.8, 4) is 23.0 Å². The molecule has 7 nitrogen and oxygen atoms in total. The van der Waals surface area contributed by atoms with E-state index >= 15 is 0 Å². The van der Waals surface area contributed by atoms with Gasteiger partial charge in [-0.3, -0.25) is 10.1 Å². The zero-order valence-electron chi connectivity index (χ0n) is 14.2. The van der Waals surface area contributed by atoms with E-state index in [4.69, 9.17) is 37.1 Å². The average molecular weight is 426 g/mol. The third kappa shape index (κ3) is 4.60. The Kier molecular flexibility index (Phi) is 6.00. The summed E-state index contributed by atoms with van der Waals surface area (Å²) in [7, 11) is 3.09. The second-order valence-electron chi connectivity index (χ2n) is 5.09. The summed E-state index contributed by atoms with van der Waals surface area (Å²) in [5.41, 5.74) is 1.27. The van der Waals surface area contributed by atoms with Crippen molar-refractivity contribution >= 4 is 52.5 Å². The molecule has 0 bridgehead atoms. The highest BCUT2D eigenvalue weighted by Gasteiger charge is 2.16. The number of amides is 1. The molecule has 140 valence electrons. The molecule has 27 heavy (non-hydrogen) atoms. The minimum atomic E-state index is -0.436. The van der Waals surface area contributed by atoms with Crippen LogP contribution in [0.25, 0.3) is 17.5 Å². The molecule has 0 aliphatic heterocycles. The van der Waals surface area contributed by atoms with E-state index in [1.807, 2.05) is 0 Å². The lowest BCUT2D eigenvalue weighted by Gasteiger charge is -2.07. The van der Waals surface area contributed by atoms with Gasteiger partial charge in [-0.1, -0.05) is 34.4 Å². The Morgan fingerprint density at radius 3 is 2.63 bits per heavy atom. The van der Waals surface area contributed by atoms with Crippen LogP contribution in [-0.4, -0.2) is 30.3 Å². The number of aromatic nitrogens is 2. The van der Waals surface area contributed by atoms with E-state index in [0.29, 0.717) is 25.7 Å². The first-order valence-corrected chi connectivity index (χ1v) is 9.07. The lowest BCUT2D eigenvalue weighted by Crippen LogP contribution is -2.07. The first-order chi connectivity index (χ1) is 13.0. The smallest absolute Gasteiger partial charge is 0.322 e. The fourth-order valence-electron chi connectivity index (χ4n) is 2.14. The second-order valence-corrected chi connectivity index (χ2v) is 7.37. The van der Waals surface area contributed by atoms with Gasteiger partial charge in [-0.15, -0.1) is 16.4 Å². The fourth-order valence-corrected chi connectivity index (χ4v) is 3.59. The number of methoxy groups -OCH3 is 2. The predicted molar refractivity (Wildman–Crippen MR) is 105 cm³/mol. The Morgan fingerprint density at radius 1 is 1.19 bits per heavy atom. The summed E-state index contributed by atoms with van der Waals surface area (Å²) in [5.74, 6) is 0.898. The van der Waals surface area contributed by atoms with Gasteiger partial charge in [0.1, 0.15) is 4.34 Å². The molecule has 0 atom stereocenters. The van der Waals surface area contributed by atoms with Crippen LogP contribution in [0, 0.1) is 0 Å². The van der Waals surface area contributed by atoms with Crippen LogP contribution in [0.5, 0.6) is 11.5 Å². The number of hydrogen-bond acceptors (Lipinski definition) is 7. The molecule has 0 saturated carbocycles. The van der Waals surface area contributed by atoms with Crippen molar-refractivity contribution in [2.45, 2.75) is 0 Å². The van der Waals surface area contributed by atoms with Crippen LogP contribution in [0.2, 0.25) is 8.67 Å². The Hall–Kier alpha value is -2.55. The molecule has 3 rings (SSSR count). The van der Waals surface area contributed by atoms with Crippen molar-refractivity contribution in [1.82, 2.24) is 10.2 Å². The van der Waals surface area contributed by atoms with Crippen molar-refractivity contribution in [3.63, 3.8) is 0 Å². The summed E-state index contributed by atoms with van der Waals surface area (Å²) in [6.45, 7) is 0. The third-order valence-electron chi connectivity index (χ3n) is 3.38. The maximum absolute atomic E-state index is 12.1. The Morgan fingerprint density at radius 2 is 1.96 bits per heavy atom. The standard InChI is InChI=1S/C17H13Cl2N3O4S/c1-24-11-5-3-9(7-12(11)25-2)4-6-14(23)20-17-22-21-16(26-17)10-8-13(18)27-15(10)19/h3-8H,1-2H3,(H,20,22,23). The fraction of sp³-hybridized carbons (Fsp3) is 0.118. The number of nitrogens with zero attached hydrogens (tertiary/aromatic N) is 2. The summed E-state index contributed by atoms with van der Waals surface area (Å²) in [4.78, 5) is 12.1. The van der Waals surface area contributed by atoms with E-state index in [1.165, 1.54) is 24.5 Å². The molecule has 0 radical (unpaired) electrons. The van der Waals surface area contributed by atoms with Gasteiger partial charge in [-0.2, -0.15) is 0 Å². The molecule has 3 aromatic rings. The first-order valence-electron chi connectivity index (χ1n) is 7.50. The summed E-state index contributed by atoms with van der Waals surface area (Å²) in [5, 5.41) is 10.1. The normalized spacial score (nSPS) is 11.0. The number of benzene rings is 1. The number of hydrogen-bond donors (Lipinski definition) is 1. The molecule has 0 spiro atoms. The first kappa shape index (κ1) is 19.2. The van der Waals surface area contributed by atoms with Crippen LogP contribution in [0.3, 0.4) is 0 Å². The van der Waals surface area contributed by atoms with Crippen molar-refractivity contribution in [2.24, 2.45) is 0 Å². The quantitative estimate of drug-likeness (QED) is 0.572. The average Bonchev–Trinajstić information content (AvgIpc) is 3.25. The van der Waals surface area contributed by atoms with Gasteiger partial charge in [0.15, 0.2) is 11.5 Å². The number of thiophene rings is 1. The van der Waals surface area contributed by atoms with Crippen molar-refractivity contribution in [2.75, 3.05) is 19.5 Å². The Bertz CT molecular complexity index is 1000. The highest BCUT2D eigenvalue weighted by molar-refractivity contribution is 7.20. The van der Waals surface area contributed by atoms with Crippen LogP contribution in [0.4, 0.5) is 6.01 Å². The van der Waals surface area contributed by atoms with Gasteiger partial charge >= 0.3 is 6.01 Å². The SMILES string of the molecule is COc1ccc(C=CC(=O)Nc2nnc(-c3cc(Cl)sc3Cl)o2)cc1OC. The number of anilines is 1. The molecule has 1 aromatic carbocycles. The van der Waals surface area contributed by atoms with Gasteiger partial charge in [-0.25, -0.2) is 0 Å². The maximum atomic E-state index is 12.1.